The van der Waals surface area contributed by atoms with E-state index in [0.717, 1.165) is 0 Å². The van der Waals surface area contributed by atoms with Gasteiger partial charge in [0, 0.05) is 42.7 Å². The van der Waals surface area contributed by atoms with E-state index in [1.165, 1.54) is 6.92 Å². The fourth-order valence-corrected chi connectivity index (χ4v) is 3.57. The molecule has 1 heterocycles. The molecule has 0 unspecified atom stereocenters. The molecule has 0 saturated heterocycles. The predicted molar refractivity (Wildman–Crippen MR) is 145 cm³/mol. The van der Waals surface area contributed by atoms with Crippen molar-refractivity contribution in [3.63, 3.8) is 0 Å². The van der Waals surface area contributed by atoms with Crippen LogP contribution in [0, 0.1) is 6.57 Å². The number of hydrogen-bond acceptors (Lipinski definition) is 6. The van der Waals surface area contributed by atoms with Gasteiger partial charge in [-0.3, -0.25) is 9.78 Å². The van der Waals surface area contributed by atoms with Crippen LogP contribution in [0.4, 0.5) is 27.5 Å². The number of pyridine rings is 1. The van der Waals surface area contributed by atoms with Gasteiger partial charge < -0.3 is 30.2 Å². The van der Waals surface area contributed by atoms with E-state index >= 15 is 0 Å². The average molecular weight is 512 g/mol. The molecule has 10 nitrogen and oxygen atoms in total. The van der Waals surface area contributed by atoms with Gasteiger partial charge in [0.25, 0.3) is 0 Å². The summed E-state index contributed by atoms with van der Waals surface area (Å²) in [4.78, 5) is 31.6. The smallest absolute Gasteiger partial charge is 0.323 e. The number of aromatic nitrogens is 1. The normalized spacial score (nSPS) is 10.3. The molecule has 1 aromatic heterocycles. The van der Waals surface area contributed by atoms with Crippen LogP contribution < -0.4 is 25.4 Å². The maximum Gasteiger partial charge on any atom is 0.323 e. The number of nitrogens with zero attached hydrogens (tertiary/aromatic N) is 2. The molecule has 0 aliphatic carbocycles. The van der Waals surface area contributed by atoms with E-state index in [9.17, 15) is 9.59 Å². The van der Waals surface area contributed by atoms with Crippen LogP contribution in [0.25, 0.3) is 15.7 Å². The summed E-state index contributed by atoms with van der Waals surface area (Å²) in [5.41, 5.74) is 2.64. The number of fused-ring (bicyclic) bond motifs is 1. The van der Waals surface area contributed by atoms with Crippen molar-refractivity contribution in [2.45, 2.75) is 6.92 Å². The molecule has 3 aromatic carbocycles. The molecule has 4 rings (SSSR count). The van der Waals surface area contributed by atoms with Gasteiger partial charge in [-0.2, -0.15) is 0 Å². The van der Waals surface area contributed by atoms with Crippen molar-refractivity contribution in [3.05, 3.63) is 84.3 Å². The van der Waals surface area contributed by atoms with Crippen LogP contribution >= 0.6 is 0 Å². The number of methoxy groups -OCH3 is 1. The highest BCUT2D eigenvalue weighted by Crippen LogP contribution is 2.37. The number of ether oxygens (including phenoxy) is 3. The van der Waals surface area contributed by atoms with Crippen molar-refractivity contribution in [2.24, 2.45) is 0 Å². The highest BCUT2D eigenvalue weighted by Gasteiger charge is 2.12. The third-order valence-corrected chi connectivity index (χ3v) is 5.23. The Bertz CT molecular complexity index is 1500. The van der Waals surface area contributed by atoms with Crippen molar-refractivity contribution < 1.29 is 23.8 Å². The molecule has 0 spiro atoms. The molecule has 10 heteroatoms. The van der Waals surface area contributed by atoms with Crippen LogP contribution in [-0.2, 0) is 9.53 Å². The number of nitrogens with one attached hydrogen (secondary N) is 3. The number of benzene rings is 3. The second-order valence-electron chi connectivity index (χ2n) is 8.07. The Morgan fingerprint density at radius 1 is 0.895 bits per heavy atom. The molecule has 38 heavy (non-hydrogen) atoms. The zero-order chi connectivity index (χ0) is 26.9. The van der Waals surface area contributed by atoms with Gasteiger partial charge in [-0.05, 0) is 60.7 Å². The van der Waals surface area contributed by atoms with Crippen LogP contribution in [0.3, 0.4) is 0 Å². The minimum Gasteiger partial charge on any atom is -0.502 e. The van der Waals surface area contributed by atoms with Crippen molar-refractivity contribution in [1.82, 2.24) is 4.98 Å². The van der Waals surface area contributed by atoms with Crippen LogP contribution in [0.2, 0.25) is 0 Å². The lowest BCUT2D eigenvalue weighted by molar-refractivity contribution is -0.114. The SMILES string of the molecule is [C-]#[N+]c1cc2c(Oc3ccc(NC(=O)Nc4cccc(NC(C)=O)c4)cc3)ccnc2cc1OCCOC. The fourth-order valence-electron chi connectivity index (χ4n) is 3.57. The summed E-state index contributed by atoms with van der Waals surface area (Å²) in [5.74, 6) is 1.30. The molecule has 3 amide bonds. The van der Waals surface area contributed by atoms with E-state index in [1.54, 1.807) is 80.0 Å². The first-order valence-corrected chi connectivity index (χ1v) is 11.6. The fraction of sp³-hybridized carbons (Fsp3) is 0.143. The lowest BCUT2D eigenvalue weighted by atomic mass is 10.1. The van der Waals surface area contributed by atoms with Crippen molar-refractivity contribution >= 4 is 45.6 Å². The number of anilines is 3. The maximum absolute atomic E-state index is 12.4. The molecule has 192 valence electrons. The Morgan fingerprint density at radius 2 is 1.63 bits per heavy atom. The average Bonchev–Trinajstić information content (AvgIpc) is 2.89. The molecule has 4 aromatic rings. The van der Waals surface area contributed by atoms with Gasteiger partial charge in [-0.15, -0.1) is 0 Å². The van der Waals surface area contributed by atoms with E-state index in [1.807, 2.05) is 0 Å². The Hall–Kier alpha value is -5.14. The van der Waals surface area contributed by atoms with Crippen LogP contribution in [0.5, 0.6) is 17.2 Å². The molecule has 0 saturated carbocycles. The van der Waals surface area contributed by atoms with Crippen molar-refractivity contribution in [1.29, 1.82) is 0 Å². The topological polar surface area (TPSA) is 115 Å². The molecule has 3 N–H and O–H groups in total. The number of hydrogen-bond donors (Lipinski definition) is 3. The summed E-state index contributed by atoms with van der Waals surface area (Å²) in [5, 5.41) is 8.82. The molecule has 0 bridgehead atoms. The summed E-state index contributed by atoms with van der Waals surface area (Å²) in [6.07, 6.45) is 1.62. The third kappa shape index (κ3) is 6.75. The summed E-state index contributed by atoms with van der Waals surface area (Å²) >= 11 is 0. The number of rotatable bonds is 9. The minimum absolute atomic E-state index is 0.197. The Kier molecular flexibility index (Phi) is 8.33. The van der Waals surface area contributed by atoms with Gasteiger partial charge in [0.1, 0.15) is 23.9 Å². The second kappa shape index (κ2) is 12.2. The van der Waals surface area contributed by atoms with Gasteiger partial charge in [-0.25, -0.2) is 9.64 Å². The molecule has 0 aliphatic rings. The van der Waals surface area contributed by atoms with E-state index in [-0.39, 0.29) is 5.91 Å². The number of urea groups is 1. The molecule has 0 radical (unpaired) electrons. The minimum atomic E-state index is -0.436. The van der Waals surface area contributed by atoms with Crippen LogP contribution in [0.1, 0.15) is 6.92 Å². The van der Waals surface area contributed by atoms with E-state index < -0.39 is 6.03 Å². The summed E-state index contributed by atoms with van der Waals surface area (Å²) in [6.45, 7) is 9.66. The number of carbonyl (C=O) groups is 2. The zero-order valence-electron chi connectivity index (χ0n) is 20.8. The highest BCUT2D eigenvalue weighted by molar-refractivity contribution is 6.00. The largest absolute Gasteiger partial charge is 0.502 e. The first-order valence-electron chi connectivity index (χ1n) is 11.6. The number of carbonyl (C=O) groups excluding carboxylic acids is 2. The number of amides is 3. The quantitative estimate of drug-likeness (QED) is 0.182. The Balaban J connectivity index is 1.43. The van der Waals surface area contributed by atoms with Crippen LogP contribution in [0.15, 0.2) is 72.9 Å². The Morgan fingerprint density at radius 3 is 2.34 bits per heavy atom. The summed E-state index contributed by atoms with van der Waals surface area (Å²) < 4.78 is 16.7. The van der Waals surface area contributed by atoms with Gasteiger partial charge >= 0.3 is 6.03 Å². The van der Waals surface area contributed by atoms with Gasteiger partial charge in [0.15, 0.2) is 0 Å². The second-order valence-corrected chi connectivity index (χ2v) is 8.07. The zero-order valence-corrected chi connectivity index (χ0v) is 20.8. The van der Waals surface area contributed by atoms with Gasteiger partial charge in [-0.1, -0.05) is 6.07 Å². The van der Waals surface area contributed by atoms with E-state index in [2.05, 4.69) is 25.8 Å². The van der Waals surface area contributed by atoms with Crippen LogP contribution in [-0.4, -0.2) is 37.2 Å². The first-order chi connectivity index (χ1) is 18.4. The van der Waals surface area contributed by atoms with E-state index in [4.69, 9.17) is 20.8 Å². The van der Waals surface area contributed by atoms with Crippen molar-refractivity contribution in [2.75, 3.05) is 36.3 Å². The highest BCUT2D eigenvalue weighted by atomic mass is 16.5. The van der Waals surface area contributed by atoms with Gasteiger partial charge in [0.05, 0.1) is 18.7 Å². The third-order valence-electron chi connectivity index (χ3n) is 5.23. The predicted octanol–water partition coefficient (Wildman–Crippen LogP) is 6.21. The summed E-state index contributed by atoms with van der Waals surface area (Å²) in [6, 6.07) is 18.4. The lowest BCUT2D eigenvalue weighted by Crippen LogP contribution is -2.19. The Labute approximate surface area is 219 Å². The van der Waals surface area contributed by atoms with Gasteiger partial charge in [0.2, 0.25) is 11.6 Å². The maximum atomic E-state index is 12.4. The standard InChI is InChI=1S/C28H25N5O5/c1-18(34)31-20-5-4-6-21(15-20)33-28(35)32-19-7-9-22(10-8-19)38-26-11-12-30-24-17-27(37-14-13-36-3)25(29-2)16-23(24)26/h4-12,15-17H,13-14H2,1,3H3,(H,31,34)(H2,32,33,35). The molecular weight excluding hydrogens is 486 g/mol. The monoisotopic (exact) mass is 511 g/mol. The van der Waals surface area contributed by atoms with E-state index in [0.29, 0.717) is 64.1 Å². The van der Waals surface area contributed by atoms with Crippen molar-refractivity contribution in [3.8, 4) is 17.2 Å². The summed E-state index contributed by atoms with van der Waals surface area (Å²) in [7, 11) is 1.58. The molecular formula is C28H25N5O5. The lowest BCUT2D eigenvalue weighted by Gasteiger charge is -2.13. The molecule has 0 atom stereocenters. The molecule has 0 aliphatic heterocycles. The molecule has 0 fully saturated rings. The first kappa shape index (κ1) is 25.9.